The minimum Gasteiger partial charge on any atom is -0.356 e. The van der Waals surface area contributed by atoms with Crippen LogP contribution in [0, 0.1) is 11.3 Å². The van der Waals surface area contributed by atoms with Crippen LogP contribution in [-0.2, 0) is 0 Å². The van der Waals surface area contributed by atoms with Gasteiger partial charge in [0.25, 0.3) is 0 Å². The van der Waals surface area contributed by atoms with Gasteiger partial charge >= 0.3 is 0 Å². The van der Waals surface area contributed by atoms with Gasteiger partial charge in [-0.15, -0.1) is 0 Å². The van der Waals surface area contributed by atoms with E-state index in [0.717, 1.165) is 6.21 Å². The van der Waals surface area contributed by atoms with Crippen molar-refractivity contribution in [1.82, 2.24) is 0 Å². The van der Waals surface area contributed by atoms with Crippen molar-refractivity contribution in [3.05, 3.63) is 30.3 Å². The molecular weight excluding hydrogens is 140 g/mol. The van der Waals surface area contributed by atoms with Crippen LogP contribution in [0.5, 0.6) is 5.75 Å². The number of hydrogen-bond acceptors (Lipinski definition) is 3. The van der Waals surface area contributed by atoms with Gasteiger partial charge in [-0.3, -0.25) is 0 Å². The van der Waals surface area contributed by atoms with E-state index < -0.39 is 0 Å². The SMILES string of the molecule is N#CC=NOc1ccccc1. The second kappa shape index (κ2) is 4.07. The van der Waals surface area contributed by atoms with E-state index in [1.54, 1.807) is 18.2 Å². The van der Waals surface area contributed by atoms with Gasteiger partial charge in [0.05, 0.1) is 0 Å². The van der Waals surface area contributed by atoms with Gasteiger partial charge in [-0.1, -0.05) is 23.4 Å². The Labute approximate surface area is 64.5 Å². The van der Waals surface area contributed by atoms with Crippen LogP contribution in [0.4, 0.5) is 0 Å². The Morgan fingerprint density at radius 2 is 2.09 bits per heavy atom. The zero-order valence-corrected chi connectivity index (χ0v) is 5.77. The molecule has 11 heavy (non-hydrogen) atoms. The summed E-state index contributed by atoms with van der Waals surface area (Å²) in [6.07, 6.45) is 1.03. The fourth-order valence-corrected chi connectivity index (χ4v) is 0.592. The summed E-state index contributed by atoms with van der Waals surface area (Å²) in [6.45, 7) is 0. The summed E-state index contributed by atoms with van der Waals surface area (Å²) >= 11 is 0. The van der Waals surface area contributed by atoms with E-state index in [0.29, 0.717) is 5.75 Å². The molecule has 0 aromatic heterocycles. The number of nitriles is 1. The number of nitrogens with zero attached hydrogens (tertiary/aromatic N) is 2. The van der Waals surface area contributed by atoms with Crippen molar-refractivity contribution in [1.29, 1.82) is 5.26 Å². The minimum absolute atomic E-state index is 0.624. The average molecular weight is 146 g/mol. The number of rotatable bonds is 2. The van der Waals surface area contributed by atoms with Crippen molar-refractivity contribution in [3.8, 4) is 11.8 Å². The van der Waals surface area contributed by atoms with E-state index >= 15 is 0 Å². The summed E-state index contributed by atoms with van der Waals surface area (Å²) in [6, 6.07) is 10.8. The third kappa shape index (κ3) is 2.50. The molecule has 0 saturated carbocycles. The number of para-hydroxylation sites is 1. The molecular formula is C8H6N2O. The zero-order chi connectivity index (χ0) is 7.94. The van der Waals surface area contributed by atoms with Crippen molar-refractivity contribution in [2.24, 2.45) is 5.16 Å². The van der Waals surface area contributed by atoms with Crippen LogP contribution in [0.25, 0.3) is 0 Å². The predicted octanol–water partition coefficient (Wildman–Crippen LogP) is 1.57. The van der Waals surface area contributed by atoms with Crippen molar-refractivity contribution in [2.75, 3.05) is 0 Å². The third-order valence-corrected chi connectivity index (χ3v) is 1.01. The summed E-state index contributed by atoms with van der Waals surface area (Å²) in [7, 11) is 0. The summed E-state index contributed by atoms with van der Waals surface area (Å²) in [5, 5.41) is 11.4. The lowest BCUT2D eigenvalue weighted by atomic mass is 10.3. The highest BCUT2D eigenvalue weighted by Gasteiger charge is 1.85. The average Bonchev–Trinajstić information content (AvgIpc) is 2.07. The molecule has 0 aliphatic rings. The summed E-state index contributed by atoms with van der Waals surface area (Å²) in [4.78, 5) is 4.79. The van der Waals surface area contributed by atoms with Gasteiger partial charge in [0.1, 0.15) is 12.3 Å². The molecule has 54 valence electrons. The lowest BCUT2D eigenvalue weighted by molar-refractivity contribution is 0.344. The molecule has 0 amide bonds. The monoisotopic (exact) mass is 146 g/mol. The first kappa shape index (κ1) is 7.29. The zero-order valence-electron chi connectivity index (χ0n) is 5.77. The molecule has 0 unspecified atom stereocenters. The number of hydrogen-bond donors (Lipinski definition) is 0. The molecule has 0 aliphatic heterocycles. The molecule has 0 saturated heterocycles. The molecule has 1 aromatic carbocycles. The molecule has 0 heterocycles. The fraction of sp³-hybridized carbons (Fsp3) is 0. The highest BCUT2D eigenvalue weighted by Crippen LogP contribution is 2.07. The Morgan fingerprint density at radius 1 is 1.36 bits per heavy atom. The second-order valence-electron chi connectivity index (χ2n) is 1.77. The lowest BCUT2D eigenvalue weighted by Crippen LogP contribution is -1.81. The van der Waals surface area contributed by atoms with Gasteiger partial charge in [-0.05, 0) is 12.1 Å². The second-order valence-corrected chi connectivity index (χ2v) is 1.77. The van der Waals surface area contributed by atoms with Gasteiger partial charge < -0.3 is 4.84 Å². The molecule has 3 nitrogen and oxygen atoms in total. The maximum Gasteiger partial charge on any atom is 0.157 e. The van der Waals surface area contributed by atoms with E-state index in [9.17, 15) is 0 Å². The maximum atomic E-state index is 8.06. The molecule has 0 N–H and O–H groups in total. The molecule has 0 fully saturated rings. The first-order valence-electron chi connectivity index (χ1n) is 3.07. The number of oxime groups is 1. The Morgan fingerprint density at radius 3 is 2.73 bits per heavy atom. The first-order chi connectivity index (χ1) is 5.43. The molecule has 0 aliphatic carbocycles. The molecule has 0 radical (unpaired) electrons. The van der Waals surface area contributed by atoms with Crippen LogP contribution in [0.2, 0.25) is 0 Å². The van der Waals surface area contributed by atoms with Gasteiger partial charge in [0, 0.05) is 0 Å². The van der Waals surface area contributed by atoms with E-state index in [2.05, 4.69) is 5.16 Å². The highest BCUT2D eigenvalue weighted by atomic mass is 16.6. The quantitative estimate of drug-likeness (QED) is 0.469. The van der Waals surface area contributed by atoms with Crippen molar-refractivity contribution < 1.29 is 4.84 Å². The van der Waals surface area contributed by atoms with Crippen LogP contribution in [0.3, 0.4) is 0 Å². The van der Waals surface area contributed by atoms with E-state index in [-0.39, 0.29) is 0 Å². The molecule has 3 heteroatoms. The minimum atomic E-state index is 0.624. The fourth-order valence-electron chi connectivity index (χ4n) is 0.592. The standard InChI is InChI=1S/C8H6N2O/c9-6-7-10-11-8-4-2-1-3-5-8/h1-5,7H. The topological polar surface area (TPSA) is 45.4 Å². The predicted molar refractivity (Wildman–Crippen MR) is 41.2 cm³/mol. The molecule has 0 bridgehead atoms. The van der Waals surface area contributed by atoms with Crippen LogP contribution < -0.4 is 4.84 Å². The van der Waals surface area contributed by atoms with E-state index in [4.69, 9.17) is 10.1 Å². The number of benzene rings is 1. The van der Waals surface area contributed by atoms with Crippen LogP contribution >= 0.6 is 0 Å². The van der Waals surface area contributed by atoms with E-state index in [1.165, 1.54) is 0 Å². The maximum absolute atomic E-state index is 8.06. The highest BCUT2D eigenvalue weighted by molar-refractivity contribution is 5.74. The Hall–Kier alpha value is -1.82. The Kier molecular flexibility index (Phi) is 2.70. The van der Waals surface area contributed by atoms with Crippen molar-refractivity contribution in [2.45, 2.75) is 0 Å². The van der Waals surface area contributed by atoms with Crippen molar-refractivity contribution >= 4 is 6.21 Å². The first-order valence-corrected chi connectivity index (χ1v) is 3.07. The van der Waals surface area contributed by atoms with Crippen LogP contribution in [0.1, 0.15) is 0 Å². The summed E-state index contributed by atoms with van der Waals surface area (Å²) in [5.41, 5.74) is 0. The Bertz CT molecular complexity index is 274. The molecule has 1 rings (SSSR count). The van der Waals surface area contributed by atoms with Crippen LogP contribution in [-0.4, -0.2) is 6.21 Å². The third-order valence-electron chi connectivity index (χ3n) is 1.01. The largest absolute Gasteiger partial charge is 0.356 e. The summed E-state index contributed by atoms with van der Waals surface area (Å²) in [5.74, 6) is 0.624. The molecule has 0 atom stereocenters. The van der Waals surface area contributed by atoms with Crippen molar-refractivity contribution in [3.63, 3.8) is 0 Å². The summed E-state index contributed by atoms with van der Waals surface area (Å²) < 4.78 is 0. The lowest BCUT2D eigenvalue weighted by Gasteiger charge is -1.93. The van der Waals surface area contributed by atoms with Crippen LogP contribution in [0.15, 0.2) is 35.5 Å². The van der Waals surface area contributed by atoms with Gasteiger partial charge in [0.15, 0.2) is 5.75 Å². The normalized spacial score (nSPS) is 9.36. The molecule has 0 spiro atoms. The van der Waals surface area contributed by atoms with Gasteiger partial charge in [-0.2, -0.15) is 5.26 Å². The smallest absolute Gasteiger partial charge is 0.157 e. The van der Waals surface area contributed by atoms with Gasteiger partial charge in [-0.25, -0.2) is 0 Å². The van der Waals surface area contributed by atoms with E-state index in [1.807, 2.05) is 18.2 Å². The molecule has 1 aromatic rings. The Balaban J connectivity index is 2.53. The van der Waals surface area contributed by atoms with Gasteiger partial charge in [0.2, 0.25) is 0 Å².